The maximum atomic E-state index is 11.1. The van der Waals surface area contributed by atoms with Crippen LogP contribution in [0.1, 0.15) is 16.1 Å². The van der Waals surface area contributed by atoms with Gasteiger partial charge in [0.2, 0.25) is 0 Å². The number of carbonyl (C=O) groups excluding carboxylic acids is 1. The summed E-state index contributed by atoms with van der Waals surface area (Å²) in [6, 6.07) is 1.72. The highest BCUT2D eigenvalue weighted by Crippen LogP contribution is 2.24. The van der Waals surface area contributed by atoms with Gasteiger partial charge in [0.05, 0.1) is 19.9 Å². The van der Waals surface area contributed by atoms with E-state index < -0.39 is 5.97 Å². The summed E-state index contributed by atoms with van der Waals surface area (Å²) in [5.41, 5.74) is 1.36. The molecule has 1 aromatic rings. The van der Waals surface area contributed by atoms with Crippen molar-refractivity contribution in [1.29, 1.82) is 0 Å². The summed E-state index contributed by atoms with van der Waals surface area (Å²) >= 11 is 0. The standard InChI is InChI=1S/C9H9NO3/c1-12-9(11)7-4-6-2-3-13-8(6)5-10-7/h4-5H,2-3H2,1H3. The van der Waals surface area contributed by atoms with Crippen molar-refractivity contribution < 1.29 is 14.3 Å². The highest BCUT2D eigenvalue weighted by molar-refractivity contribution is 5.87. The molecule has 0 unspecified atom stereocenters. The molecule has 0 atom stereocenters. The van der Waals surface area contributed by atoms with Gasteiger partial charge in [0.15, 0.2) is 0 Å². The third-order valence-electron chi connectivity index (χ3n) is 1.97. The molecule has 0 amide bonds. The number of ether oxygens (including phenoxy) is 2. The summed E-state index contributed by atoms with van der Waals surface area (Å²) < 4.78 is 9.81. The molecule has 0 radical (unpaired) electrons. The lowest BCUT2D eigenvalue weighted by atomic mass is 10.2. The fourth-order valence-corrected chi connectivity index (χ4v) is 1.30. The van der Waals surface area contributed by atoms with Crippen LogP contribution < -0.4 is 4.74 Å². The summed E-state index contributed by atoms with van der Waals surface area (Å²) in [4.78, 5) is 15.0. The molecule has 13 heavy (non-hydrogen) atoms. The van der Waals surface area contributed by atoms with Crippen LogP contribution in [0.2, 0.25) is 0 Å². The first-order valence-corrected chi connectivity index (χ1v) is 4.01. The fourth-order valence-electron chi connectivity index (χ4n) is 1.30. The van der Waals surface area contributed by atoms with Gasteiger partial charge in [-0.15, -0.1) is 0 Å². The van der Waals surface area contributed by atoms with Crippen molar-refractivity contribution in [3.05, 3.63) is 23.5 Å². The summed E-state index contributed by atoms with van der Waals surface area (Å²) in [6.07, 6.45) is 2.40. The molecular weight excluding hydrogens is 170 g/mol. The smallest absolute Gasteiger partial charge is 0.356 e. The van der Waals surface area contributed by atoms with Crippen molar-refractivity contribution in [2.45, 2.75) is 6.42 Å². The van der Waals surface area contributed by atoms with Crippen molar-refractivity contribution in [1.82, 2.24) is 4.98 Å². The predicted molar refractivity (Wildman–Crippen MR) is 44.8 cm³/mol. The van der Waals surface area contributed by atoms with E-state index in [1.807, 2.05) is 0 Å². The molecule has 4 heteroatoms. The molecule has 2 heterocycles. The summed E-state index contributed by atoms with van der Waals surface area (Å²) in [7, 11) is 1.34. The van der Waals surface area contributed by atoms with Crippen LogP contribution in [-0.2, 0) is 11.2 Å². The predicted octanol–water partition coefficient (Wildman–Crippen LogP) is 0.803. The van der Waals surface area contributed by atoms with Gasteiger partial charge in [-0.1, -0.05) is 0 Å². The minimum Gasteiger partial charge on any atom is -0.491 e. The molecule has 0 saturated carbocycles. The molecule has 68 valence electrons. The second-order valence-electron chi connectivity index (χ2n) is 2.77. The van der Waals surface area contributed by atoms with Crippen LogP contribution in [0.25, 0.3) is 0 Å². The number of aromatic nitrogens is 1. The van der Waals surface area contributed by atoms with E-state index >= 15 is 0 Å². The first-order valence-electron chi connectivity index (χ1n) is 4.01. The minimum atomic E-state index is -0.408. The van der Waals surface area contributed by atoms with Crippen LogP contribution in [0.4, 0.5) is 0 Å². The molecule has 0 N–H and O–H groups in total. The van der Waals surface area contributed by atoms with Crippen molar-refractivity contribution >= 4 is 5.97 Å². The Labute approximate surface area is 75.5 Å². The van der Waals surface area contributed by atoms with Gasteiger partial charge >= 0.3 is 5.97 Å². The average molecular weight is 179 g/mol. The minimum absolute atomic E-state index is 0.340. The van der Waals surface area contributed by atoms with Crippen LogP contribution in [0.15, 0.2) is 12.3 Å². The maximum absolute atomic E-state index is 11.1. The normalized spacial score (nSPS) is 13.3. The molecule has 1 aromatic heterocycles. The Morgan fingerprint density at radius 2 is 2.54 bits per heavy atom. The largest absolute Gasteiger partial charge is 0.491 e. The van der Waals surface area contributed by atoms with Crippen LogP contribution >= 0.6 is 0 Å². The van der Waals surface area contributed by atoms with Crippen molar-refractivity contribution in [3.8, 4) is 5.75 Å². The maximum Gasteiger partial charge on any atom is 0.356 e. The molecule has 0 saturated heterocycles. The SMILES string of the molecule is COC(=O)c1cc2c(cn1)OCC2. The Morgan fingerprint density at radius 3 is 3.31 bits per heavy atom. The number of methoxy groups -OCH3 is 1. The summed E-state index contributed by atoms with van der Waals surface area (Å²) in [5, 5.41) is 0. The number of nitrogens with zero attached hydrogens (tertiary/aromatic N) is 1. The van der Waals surface area contributed by atoms with E-state index in [4.69, 9.17) is 4.74 Å². The Kier molecular flexibility index (Phi) is 1.88. The quantitative estimate of drug-likeness (QED) is 0.598. The lowest BCUT2D eigenvalue weighted by Crippen LogP contribution is -2.04. The van der Waals surface area contributed by atoms with Gasteiger partial charge in [-0.05, 0) is 6.07 Å². The summed E-state index contributed by atoms with van der Waals surface area (Å²) in [5.74, 6) is 0.363. The number of fused-ring (bicyclic) bond motifs is 1. The van der Waals surface area contributed by atoms with E-state index in [9.17, 15) is 4.79 Å². The zero-order valence-corrected chi connectivity index (χ0v) is 7.24. The lowest BCUT2D eigenvalue weighted by molar-refractivity contribution is 0.0594. The van der Waals surface area contributed by atoms with E-state index in [2.05, 4.69) is 9.72 Å². The molecule has 0 fully saturated rings. The number of pyridine rings is 1. The van der Waals surface area contributed by atoms with Gasteiger partial charge in [0.25, 0.3) is 0 Å². The number of carbonyl (C=O) groups is 1. The average Bonchev–Trinajstić information content (AvgIpc) is 2.63. The molecule has 0 aromatic carbocycles. The highest BCUT2D eigenvalue weighted by Gasteiger charge is 2.16. The Morgan fingerprint density at radius 1 is 1.69 bits per heavy atom. The second kappa shape index (κ2) is 3.05. The topological polar surface area (TPSA) is 48.4 Å². The molecule has 0 aliphatic carbocycles. The van der Waals surface area contributed by atoms with Gasteiger partial charge in [0.1, 0.15) is 11.4 Å². The molecule has 0 spiro atoms. The first kappa shape index (κ1) is 8.04. The van der Waals surface area contributed by atoms with Gasteiger partial charge in [-0.3, -0.25) is 0 Å². The fraction of sp³-hybridized carbons (Fsp3) is 0.333. The highest BCUT2D eigenvalue weighted by atomic mass is 16.5. The third kappa shape index (κ3) is 1.35. The van der Waals surface area contributed by atoms with Crippen LogP contribution in [-0.4, -0.2) is 24.7 Å². The molecule has 0 bridgehead atoms. The van der Waals surface area contributed by atoms with Gasteiger partial charge in [0, 0.05) is 12.0 Å². The molecule has 1 aliphatic rings. The van der Waals surface area contributed by atoms with E-state index in [-0.39, 0.29) is 0 Å². The van der Waals surface area contributed by atoms with E-state index in [1.165, 1.54) is 7.11 Å². The van der Waals surface area contributed by atoms with Gasteiger partial charge in [-0.25, -0.2) is 9.78 Å². The summed E-state index contributed by atoms with van der Waals surface area (Å²) in [6.45, 7) is 0.668. The van der Waals surface area contributed by atoms with Crippen LogP contribution in [0.5, 0.6) is 5.75 Å². The number of esters is 1. The second-order valence-corrected chi connectivity index (χ2v) is 2.77. The van der Waals surface area contributed by atoms with Gasteiger partial charge < -0.3 is 9.47 Å². The molecule has 1 aliphatic heterocycles. The third-order valence-corrected chi connectivity index (χ3v) is 1.97. The van der Waals surface area contributed by atoms with Gasteiger partial charge in [-0.2, -0.15) is 0 Å². The monoisotopic (exact) mass is 179 g/mol. The lowest BCUT2D eigenvalue weighted by Gasteiger charge is -2.00. The van der Waals surface area contributed by atoms with E-state index in [1.54, 1.807) is 12.3 Å². The van der Waals surface area contributed by atoms with E-state index in [0.717, 1.165) is 17.7 Å². The zero-order chi connectivity index (χ0) is 9.26. The molecular formula is C9H9NO3. The molecule has 4 nitrogen and oxygen atoms in total. The van der Waals surface area contributed by atoms with Crippen molar-refractivity contribution in [2.24, 2.45) is 0 Å². The zero-order valence-electron chi connectivity index (χ0n) is 7.24. The Balaban J connectivity index is 2.36. The van der Waals surface area contributed by atoms with E-state index in [0.29, 0.717) is 12.3 Å². The van der Waals surface area contributed by atoms with Crippen LogP contribution in [0.3, 0.4) is 0 Å². The number of hydrogen-bond donors (Lipinski definition) is 0. The van der Waals surface area contributed by atoms with Crippen LogP contribution in [0, 0.1) is 0 Å². The number of hydrogen-bond acceptors (Lipinski definition) is 4. The first-order chi connectivity index (χ1) is 6.31. The Bertz CT molecular complexity index is 349. The Hall–Kier alpha value is -1.58. The van der Waals surface area contributed by atoms with Crippen molar-refractivity contribution in [2.75, 3.05) is 13.7 Å². The molecule has 2 rings (SSSR count). The number of rotatable bonds is 1. The van der Waals surface area contributed by atoms with Crippen molar-refractivity contribution in [3.63, 3.8) is 0 Å².